The minimum absolute atomic E-state index is 0.000555. The van der Waals surface area contributed by atoms with Crippen LogP contribution >= 0.6 is 35.3 Å². The topological polar surface area (TPSA) is 40.6 Å². The summed E-state index contributed by atoms with van der Waals surface area (Å²) in [6, 6.07) is 12.2. The Hall–Kier alpha value is -1.96. The molecule has 3 heterocycles. The van der Waals surface area contributed by atoms with Gasteiger partial charge in [0.2, 0.25) is 5.91 Å². The highest BCUT2D eigenvalue weighted by atomic mass is 32.2. The van der Waals surface area contributed by atoms with Crippen molar-refractivity contribution in [3.8, 4) is 0 Å². The van der Waals surface area contributed by atoms with Gasteiger partial charge in [-0.05, 0) is 54.8 Å². The Morgan fingerprint density at radius 2 is 2.00 bits per heavy atom. The fourth-order valence-electron chi connectivity index (χ4n) is 3.85. The van der Waals surface area contributed by atoms with Crippen molar-refractivity contribution in [1.29, 1.82) is 0 Å². The maximum atomic E-state index is 12.7. The molecule has 0 spiro atoms. The number of thiocarbonyl (C=S) groups is 1. The Morgan fingerprint density at radius 3 is 2.83 bits per heavy atom. The molecule has 2 amide bonds. The van der Waals surface area contributed by atoms with Crippen LogP contribution in [0.1, 0.15) is 42.5 Å². The smallest absolute Gasteiger partial charge is 0.266 e. The van der Waals surface area contributed by atoms with Gasteiger partial charge in [0.15, 0.2) is 0 Å². The summed E-state index contributed by atoms with van der Waals surface area (Å²) in [5.41, 5.74) is 2.34. The number of hydrogen-bond acceptors (Lipinski definition) is 5. The van der Waals surface area contributed by atoms with Crippen LogP contribution in [0, 0.1) is 0 Å². The molecule has 156 valence electrons. The van der Waals surface area contributed by atoms with E-state index < -0.39 is 0 Å². The van der Waals surface area contributed by atoms with Crippen LogP contribution in [0.15, 0.2) is 46.7 Å². The van der Waals surface area contributed by atoms with Gasteiger partial charge in [-0.25, -0.2) is 0 Å². The minimum Gasteiger partial charge on any atom is -0.312 e. The van der Waals surface area contributed by atoms with Crippen LogP contribution in [0.5, 0.6) is 0 Å². The van der Waals surface area contributed by atoms with Gasteiger partial charge < -0.3 is 4.90 Å². The number of unbranched alkanes of at least 4 members (excludes halogenated alkanes) is 2. The summed E-state index contributed by atoms with van der Waals surface area (Å²) in [4.78, 5) is 30.7. The second-order valence-corrected chi connectivity index (χ2v) is 10.1. The molecule has 0 unspecified atom stereocenters. The van der Waals surface area contributed by atoms with Crippen LogP contribution < -0.4 is 4.90 Å². The Bertz CT molecular complexity index is 969. The van der Waals surface area contributed by atoms with Crippen molar-refractivity contribution in [2.75, 3.05) is 18.0 Å². The first-order valence-corrected chi connectivity index (χ1v) is 12.4. The number of nitrogens with zero attached hydrogens (tertiary/aromatic N) is 2. The highest BCUT2D eigenvalue weighted by Gasteiger charge is 2.31. The van der Waals surface area contributed by atoms with Crippen molar-refractivity contribution >= 4 is 63.2 Å². The molecule has 1 aromatic carbocycles. The van der Waals surface area contributed by atoms with E-state index in [1.807, 2.05) is 46.7 Å². The number of thioether (sulfide) groups is 1. The Labute approximate surface area is 190 Å². The number of para-hydroxylation sites is 1. The zero-order valence-electron chi connectivity index (χ0n) is 16.7. The van der Waals surface area contributed by atoms with Crippen molar-refractivity contribution < 1.29 is 9.59 Å². The lowest BCUT2D eigenvalue weighted by atomic mass is 10.0. The molecule has 4 nitrogen and oxygen atoms in total. The number of fused-ring (bicyclic) bond motifs is 1. The lowest BCUT2D eigenvalue weighted by Gasteiger charge is -2.29. The number of anilines is 1. The molecule has 0 N–H and O–H groups in total. The number of rotatable bonds is 7. The van der Waals surface area contributed by atoms with E-state index in [-0.39, 0.29) is 11.8 Å². The fraction of sp³-hybridized carbons (Fsp3) is 0.348. The van der Waals surface area contributed by atoms with E-state index in [9.17, 15) is 9.59 Å². The van der Waals surface area contributed by atoms with Crippen LogP contribution in [0.25, 0.3) is 6.08 Å². The van der Waals surface area contributed by atoms with E-state index in [4.69, 9.17) is 12.2 Å². The summed E-state index contributed by atoms with van der Waals surface area (Å²) < 4.78 is 0.629. The number of benzene rings is 1. The van der Waals surface area contributed by atoms with E-state index in [0.717, 1.165) is 49.2 Å². The maximum Gasteiger partial charge on any atom is 0.266 e. The van der Waals surface area contributed by atoms with Crippen molar-refractivity contribution in [2.24, 2.45) is 0 Å². The number of thiophene rings is 1. The van der Waals surface area contributed by atoms with E-state index >= 15 is 0 Å². The van der Waals surface area contributed by atoms with Gasteiger partial charge in [-0.1, -0.05) is 54.7 Å². The van der Waals surface area contributed by atoms with Gasteiger partial charge in [-0.3, -0.25) is 14.5 Å². The summed E-state index contributed by atoms with van der Waals surface area (Å²) in [6.07, 6.45) is 7.12. The van der Waals surface area contributed by atoms with Crippen LogP contribution in [-0.2, 0) is 16.0 Å². The third-order valence-electron chi connectivity index (χ3n) is 5.37. The highest BCUT2D eigenvalue weighted by Crippen LogP contribution is 2.33. The molecule has 0 atom stereocenters. The van der Waals surface area contributed by atoms with Crippen molar-refractivity contribution in [3.05, 3.63) is 57.1 Å². The Morgan fingerprint density at radius 1 is 1.13 bits per heavy atom. The summed E-state index contributed by atoms with van der Waals surface area (Å²) in [7, 11) is 0. The summed E-state index contributed by atoms with van der Waals surface area (Å²) in [5.74, 6) is 0.200. The van der Waals surface area contributed by atoms with Gasteiger partial charge in [0.1, 0.15) is 4.32 Å². The molecule has 2 aliphatic rings. The number of amides is 2. The molecule has 0 radical (unpaired) electrons. The number of carbonyl (C=O) groups is 2. The Balaban J connectivity index is 1.23. The van der Waals surface area contributed by atoms with Crippen LogP contribution in [0.3, 0.4) is 0 Å². The minimum atomic E-state index is -0.000555. The largest absolute Gasteiger partial charge is 0.312 e. The third kappa shape index (κ3) is 4.85. The predicted molar refractivity (Wildman–Crippen MR) is 130 cm³/mol. The number of hydrogen-bond donors (Lipinski definition) is 0. The summed E-state index contributed by atoms with van der Waals surface area (Å²) in [5, 5.41) is 2.00. The first-order valence-electron chi connectivity index (χ1n) is 10.3. The SMILES string of the molecule is O=C1C(=Cc2cccs2)SC(=S)N1CCCCCC(=O)N1CCCc2ccccc21. The Kier molecular flexibility index (Phi) is 7.02. The quantitative estimate of drug-likeness (QED) is 0.314. The van der Waals surface area contributed by atoms with E-state index in [1.54, 1.807) is 16.2 Å². The van der Waals surface area contributed by atoms with E-state index in [2.05, 4.69) is 6.07 Å². The second-order valence-electron chi connectivity index (χ2n) is 7.44. The molecule has 2 aliphatic heterocycles. The second kappa shape index (κ2) is 9.90. The highest BCUT2D eigenvalue weighted by molar-refractivity contribution is 8.26. The lowest BCUT2D eigenvalue weighted by Crippen LogP contribution is -2.35. The molecule has 4 rings (SSSR count). The molecule has 0 aliphatic carbocycles. The zero-order chi connectivity index (χ0) is 20.9. The molecular weight excluding hydrogens is 432 g/mol. The van der Waals surface area contributed by atoms with Crippen LogP contribution in [0.4, 0.5) is 5.69 Å². The van der Waals surface area contributed by atoms with Crippen molar-refractivity contribution in [2.45, 2.75) is 38.5 Å². The van der Waals surface area contributed by atoms with Crippen molar-refractivity contribution in [3.63, 3.8) is 0 Å². The molecule has 2 aromatic rings. The molecule has 1 fully saturated rings. The third-order valence-corrected chi connectivity index (χ3v) is 7.57. The predicted octanol–water partition coefficient (Wildman–Crippen LogP) is 5.49. The first-order chi connectivity index (χ1) is 14.6. The standard InChI is InChI=1S/C23H24N2O2S3/c26-21(24-14-6-9-17-8-3-4-11-19(17)24)12-2-1-5-13-25-22(27)20(30-23(25)28)16-18-10-7-15-29-18/h3-4,7-8,10-11,15-16H,1-2,5-6,9,12-14H2. The summed E-state index contributed by atoms with van der Waals surface area (Å²) >= 11 is 8.39. The number of aryl methyl sites for hydroxylation is 1. The average Bonchev–Trinajstić information content (AvgIpc) is 3.36. The van der Waals surface area contributed by atoms with Crippen molar-refractivity contribution in [1.82, 2.24) is 4.90 Å². The lowest BCUT2D eigenvalue weighted by molar-refractivity contribution is -0.122. The summed E-state index contributed by atoms with van der Waals surface area (Å²) in [6.45, 7) is 1.43. The van der Waals surface area contributed by atoms with Crippen LogP contribution in [-0.4, -0.2) is 34.1 Å². The monoisotopic (exact) mass is 456 g/mol. The molecular formula is C23H24N2O2S3. The van der Waals surface area contributed by atoms with Gasteiger partial charge in [0.25, 0.3) is 5.91 Å². The zero-order valence-corrected chi connectivity index (χ0v) is 19.2. The van der Waals surface area contributed by atoms with Gasteiger partial charge in [0, 0.05) is 30.1 Å². The van der Waals surface area contributed by atoms with Gasteiger partial charge in [-0.2, -0.15) is 0 Å². The molecule has 1 saturated heterocycles. The van der Waals surface area contributed by atoms with Gasteiger partial charge >= 0.3 is 0 Å². The molecule has 0 bridgehead atoms. The molecule has 0 saturated carbocycles. The van der Waals surface area contributed by atoms with Gasteiger partial charge in [-0.15, -0.1) is 11.3 Å². The maximum absolute atomic E-state index is 12.7. The molecule has 1 aromatic heterocycles. The van der Waals surface area contributed by atoms with E-state index in [1.165, 1.54) is 17.3 Å². The van der Waals surface area contributed by atoms with Crippen LogP contribution in [0.2, 0.25) is 0 Å². The molecule has 7 heteroatoms. The average molecular weight is 457 g/mol. The number of carbonyl (C=O) groups excluding carboxylic acids is 2. The van der Waals surface area contributed by atoms with E-state index in [0.29, 0.717) is 22.2 Å². The fourth-order valence-corrected chi connectivity index (χ4v) is 5.88. The molecule has 30 heavy (non-hydrogen) atoms. The normalized spacial score (nSPS) is 17.7. The van der Waals surface area contributed by atoms with Gasteiger partial charge in [0.05, 0.1) is 4.91 Å². The first kappa shape index (κ1) is 21.3.